The molecule has 0 unspecified atom stereocenters. The molecule has 7 nitrogen and oxygen atoms in total. The van der Waals surface area contributed by atoms with Crippen LogP contribution in [-0.2, 0) is 13.0 Å². The first-order valence-corrected chi connectivity index (χ1v) is 9.19. The maximum absolute atomic E-state index is 5.31. The first kappa shape index (κ1) is 21.9. The molecule has 0 radical (unpaired) electrons. The third-order valence-electron chi connectivity index (χ3n) is 4.18. The Morgan fingerprint density at radius 3 is 2.79 bits per heavy atom. The van der Waals surface area contributed by atoms with Crippen LogP contribution < -0.4 is 10.6 Å². The summed E-state index contributed by atoms with van der Waals surface area (Å²) in [5.74, 6) is 2.83. The van der Waals surface area contributed by atoms with E-state index in [1.165, 1.54) is 16.7 Å². The molecule has 150 valence electrons. The van der Waals surface area contributed by atoms with Crippen molar-refractivity contribution in [2.75, 3.05) is 13.1 Å². The largest absolute Gasteiger partial charge is 0.461 e. The van der Waals surface area contributed by atoms with Gasteiger partial charge in [-0.1, -0.05) is 23.8 Å². The smallest absolute Gasteiger partial charge is 0.216 e. The summed E-state index contributed by atoms with van der Waals surface area (Å²) in [4.78, 5) is 9.13. The molecule has 0 aliphatic heterocycles. The molecule has 0 aliphatic rings. The highest BCUT2D eigenvalue weighted by atomic mass is 127. The first-order chi connectivity index (χ1) is 13.2. The van der Waals surface area contributed by atoms with Gasteiger partial charge in [0.25, 0.3) is 0 Å². The normalized spacial score (nSPS) is 11.2. The summed E-state index contributed by atoms with van der Waals surface area (Å²) < 4.78 is 5.31. The average Bonchev–Trinajstić information content (AvgIpc) is 3.32. The summed E-state index contributed by atoms with van der Waals surface area (Å²) in [6.45, 7) is 8.44. The maximum atomic E-state index is 5.31. The van der Waals surface area contributed by atoms with Gasteiger partial charge in [-0.3, -0.25) is 5.10 Å². The topological polar surface area (TPSA) is 91.1 Å². The Bertz CT molecular complexity index is 888. The minimum atomic E-state index is 0. The van der Waals surface area contributed by atoms with Gasteiger partial charge in [-0.2, -0.15) is 5.10 Å². The Labute approximate surface area is 182 Å². The van der Waals surface area contributed by atoms with Gasteiger partial charge in [0.05, 0.1) is 12.8 Å². The lowest BCUT2D eigenvalue weighted by atomic mass is 10.1. The average molecular weight is 494 g/mol. The van der Waals surface area contributed by atoms with Crippen molar-refractivity contribution in [1.82, 2.24) is 25.8 Å². The van der Waals surface area contributed by atoms with Crippen LogP contribution in [0.15, 0.2) is 46.0 Å². The third kappa shape index (κ3) is 6.08. The van der Waals surface area contributed by atoms with E-state index in [1.807, 2.05) is 12.1 Å². The predicted octanol–water partition coefficient (Wildman–Crippen LogP) is 3.60. The number of benzene rings is 1. The number of aromatic nitrogens is 3. The summed E-state index contributed by atoms with van der Waals surface area (Å²) in [6.07, 6.45) is 2.32. The van der Waals surface area contributed by atoms with Crippen LogP contribution >= 0.6 is 24.0 Å². The number of hydrogen-bond acceptors (Lipinski definition) is 4. The van der Waals surface area contributed by atoms with Gasteiger partial charge >= 0.3 is 0 Å². The fourth-order valence-electron chi connectivity index (χ4n) is 2.75. The Kier molecular flexibility index (Phi) is 8.49. The summed E-state index contributed by atoms with van der Waals surface area (Å²) in [7, 11) is 0. The van der Waals surface area contributed by atoms with E-state index in [1.54, 1.807) is 6.26 Å². The maximum Gasteiger partial charge on any atom is 0.216 e. The zero-order chi connectivity index (χ0) is 19.1. The van der Waals surface area contributed by atoms with Gasteiger partial charge < -0.3 is 15.1 Å². The number of H-pyrrole nitrogens is 1. The standard InChI is InChI=1S/C20H26N6O.HI/c1-4-21-20(23-13-16-8-7-14(2)12-15(16)3)22-10-9-18-24-19(26-25-18)17-6-5-11-27-17;/h5-8,11-12H,4,9-10,13H2,1-3H3,(H2,21,22,23)(H,24,25,26);1H. The molecule has 0 saturated carbocycles. The van der Waals surface area contributed by atoms with Crippen LogP contribution in [0.5, 0.6) is 0 Å². The van der Waals surface area contributed by atoms with Crippen LogP contribution in [0.25, 0.3) is 11.6 Å². The van der Waals surface area contributed by atoms with Gasteiger partial charge in [0.1, 0.15) is 5.82 Å². The number of nitrogens with one attached hydrogen (secondary N) is 3. The van der Waals surface area contributed by atoms with Crippen molar-refractivity contribution >= 4 is 29.9 Å². The van der Waals surface area contributed by atoms with Crippen molar-refractivity contribution in [3.8, 4) is 11.6 Å². The minimum Gasteiger partial charge on any atom is -0.461 e. The number of aromatic amines is 1. The lowest BCUT2D eigenvalue weighted by Crippen LogP contribution is -2.38. The highest BCUT2D eigenvalue weighted by Gasteiger charge is 2.08. The lowest BCUT2D eigenvalue weighted by molar-refractivity contribution is 0.577. The molecule has 2 aromatic heterocycles. The number of furan rings is 1. The van der Waals surface area contributed by atoms with Crippen LogP contribution in [0.2, 0.25) is 0 Å². The van der Waals surface area contributed by atoms with Gasteiger partial charge in [0.15, 0.2) is 11.7 Å². The Hall–Kier alpha value is -2.36. The first-order valence-electron chi connectivity index (χ1n) is 9.19. The van der Waals surface area contributed by atoms with Crippen molar-refractivity contribution in [2.24, 2.45) is 4.99 Å². The molecule has 1 aromatic carbocycles. The van der Waals surface area contributed by atoms with E-state index in [0.717, 1.165) is 18.3 Å². The highest BCUT2D eigenvalue weighted by molar-refractivity contribution is 14.0. The summed E-state index contributed by atoms with van der Waals surface area (Å²) >= 11 is 0. The molecular weight excluding hydrogens is 467 g/mol. The number of rotatable bonds is 7. The van der Waals surface area contributed by atoms with Crippen LogP contribution in [0, 0.1) is 13.8 Å². The van der Waals surface area contributed by atoms with Gasteiger partial charge in [-0.25, -0.2) is 9.98 Å². The Morgan fingerprint density at radius 1 is 1.21 bits per heavy atom. The fraction of sp³-hybridized carbons (Fsp3) is 0.350. The second-order valence-electron chi connectivity index (χ2n) is 6.38. The number of nitrogens with zero attached hydrogens (tertiary/aromatic N) is 3. The van der Waals surface area contributed by atoms with Crippen molar-refractivity contribution in [3.05, 3.63) is 59.1 Å². The number of guanidine groups is 1. The zero-order valence-electron chi connectivity index (χ0n) is 16.5. The molecule has 0 fully saturated rings. The van der Waals surface area contributed by atoms with Crippen molar-refractivity contribution < 1.29 is 4.42 Å². The molecule has 3 N–H and O–H groups in total. The van der Waals surface area contributed by atoms with Crippen molar-refractivity contribution in [2.45, 2.75) is 33.7 Å². The Morgan fingerprint density at radius 2 is 2.07 bits per heavy atom. The van der Waals surface area contributed by atoms with E-state index in [-0.39, 0.29) is 24.0 Å². The van der Waals surface area contributed by atoms with Crippen LogP contribution in [0.4, 0.5) is 0 Å². The summed E-state index contributed by atoms with van der Waals surface area (Å²) in [5, 5.41) is 13.7. The third-order valence-corrected chi connectivity index (χ3v) is 4.18. The summed E-state index contributed by atoms with van der Waals surface area (Å²) in [6, 6.07) is 10.1. The molecule has 3 rings (SSSR count). The lowest BCUT2D eigenvalue weighted by Gasteiger charge is -2.11. The highest BCUT2D eigenvalue weighted by Crippen LogP contribution is 2.14. The molecule has 0 aliphatic carbocycles. The van der Waals surface area contributed by atoms with E-state index in [4.69, 9.17) is 4.42 Å². The number of aryl methyl sites for hydroxylation is 2. The van der Waals surface area contributed by atoms with Gasteiger partial charge in [0, 0.05) is 19.5 Å². The molecular formula is C20H27IN6O. The monoisotopic (exact) mass is 494 g/mol. The molecule has 0 atom stereocenters. The van der Waals surface area contributed by atoms with E-state index < -0.39 is 0 Å². The van der Waals surface area contributed by atoms with Gasteiger partial charge in [-0.05, 0) is 44.0 Å². The zero-order valence-corrected chi connectivity index (χ0v) is 18.8. The van der Waals surface area contributed by atoms with Gasteiger partial charge in [-0.15, -0.1) is 24.0 Å². The second kappa shape index (κ2) is 10.8. The van der Waals surface area contributed by atoms with Crippen LogP contribution in [-0.4, -0.2) is 34.2 Å². The Balaban J connectivity index is 0.00000280. The minimum absolute atomic E-state index is 0. The second-order valence-corrected chi connectivity index (χ2v) is 6.38. The van der Waals surface area contributed by atoms with Crippen molar-refractivity contribution in [1.29, 1.82) is 0 Å². The van der Waals surface area contributed by atoms with E-state index in [0.29, 0.717) is 31.1 Å². The fourth-order valence-corrected chi connectivity index (χ4v) is 2.75. The van der Waals surface area contributed by atoms with E-state index in [2.05, 4.69) is 69.8 Å². The van der Waals surface area contributed by atoms with Crippen LogP contribution in [0.1, 0.15) is 29.4 Å². The molecule has 0 saturated heterocycles. The predicted molar refractivity (Wildman–Crippen MR) is 122 cm³/mol. The molecule has 0 amide bonds. The van der Waals surface area contributed by atoms with E-state index in [9.17, 15) is 0 Å². The summed E-state index contributed by atoms with van der Waals surface area (Å²) in [5.41, 5.74) is 3.77. The number of halogens is 1. The molecule has 28 heavy (non-hydrogen) atoms. The van der Waals surface area contributed by atoms with Gasteiger partial charge in [0.2, 0.25) is 5.82 Å². The quantitative estimate of drug-likeness (QED) is 0.265. The van der Waals surface area contributed by atoms with Crippen molar-refractivity contribution in [3.63, 3.8) is 0 Å². The molecule has 2 heterocycles. The molecule has 0 bridgehead atoms. The van der Waals surface area contributed by atoms with E-state index >= 15 is 0 Å². The van der Waals surface area contributed by atoms with Crippen LogP contribution in [0.3, 0.4) is 0 Å². The SMILES string of the molecule is CCNC(=NCc1ccc(C)cc1C)NCCc1nc(-c2ccco2)n[nH]1.I. The molecule has 0 spiro atoms. The number of aliphatic imine (C=N–C) groups is 1. The molecule has 8 heteroatoms. The molecule has 3 aromatic rings. The number of hydrogen-bond donors (Lipinski definition) is 3.